The summed E-state index contributed by atoms with van der Waals surface area (Å²) in [5.41, 5.74) is -0.955. The van der Waals surface area contributed by atoms with Crippen molar-refractivity contribution in [2.45, 2.75) is 50.6 Å². The molecule has 26 heavy (non-hydrogen) atoms. The molecule has 0 aromatic heterocycles. The Bertz CT molecular complexity index is 654. The van der Waals surface area contributed by atoms with Gasteiger partial charge >= 0.3 is 11.9 Å². The van der Waals surface area contributed by atoms with Crippen LogP contribution < -0.4 is 0 Å². The highest BCUT2D eigenvalue weighted by Crippen LogP contribution is 2.54. The van der Waals surface area contributed by atoms with E-state index in [0.29, 0.717) is 5.57 Å². The molecular weight excluding hydrogens is 340 g/mol. The van der Waals surface area contributed by atoms with Crippen LogP contribution in [0.2, 0.25) is 0 Å². The van der Waals surface area contributed by atoms with Crippen LogP contribution in [0.5, 0.6) is 0 Å². The van der Waals surface area contributed by atoms with Gasteiger partial charge in [-0.05, 0) is 12.3 Å². The van der Waals surface area contributed by atoms with Gasteiger partial charge in [-0.1, -0.05) is 32.6 Å². The Balaban J connectivity index is 2.03. The molecule has 144 valence electrons. The van der Waals surface area contributed by atoms with Crippen molar-refractivity contribution in [3.8, 4) is 0 Å². The monoisotopic (exact) mass is 366 g/mol. The molecule has 1 heterocycles. The summed E-state index contributed by atoms with van der Waals surface area (Å²) >= 11 is 0. The summed E-state index contributed by atoms with van der Waals surface area (Å²) in [6, 6.07) is 0. The maximum absolute atomic E-state index is 12.2. The van der Waals surface area contributed by atoms with Gasteiger partial charge < -0.3 is 24.8 Å². The molecule has 3 rings (SSSR count). The van der Waals surface area contributed by atoms with Crippen molar-refractivity contribution in [2.24, 2.45) is 23.7 Å². The minimum Gasteiger partial charge on any atom is -0.461 e. The second-order valence-corrected chi connectivity index (χ2v) is 7.95. The number of carbonyl (C=O) groups is 2. The Labute approximate surface area is 152 Å². The lowest BCUT2D eigenvalue weighted by Gasteiger charge is -2.37. The van der Waals surface area contributed by atoms with Crippen molar-refractivity contribution < 1.29 is 34.4 Å². The number of aliphatic hydroxyl groups is 3. The van der Waals surface area contributed by atoms with Gasteiger partial charge in [-0.15, -0.1) is 0 Å². The minimum atomic E-state index is -1.82. The molecule has 1 aliphatic heterocycles. The number of hydrogen-bond acceptors (Lipinski definition) is 7. The van der Waals surface area contributed by atoms with Gasteiger partial charge in [0.1, 0.15) is 17.8 Å². The molecule has 1 saturated heterocycles. The third kappa shape index (κ3) is 2.69. The Morgan fingerprint density at radius 2 is 2.08 bits per heavy atom. The molecule has 7 atom stereocenters. The van der Waals surface area contributed by atoms with Crippen LogP contribution in [0.1, 0.15) is 26.7 Å². The lowest BCUT2D eigenvalue weighted by Crippen LogP contribution is -2.53. The molecule has 7 heteroatoms. The number of fused-ring (bicyclic) bond motifs is 3. The van der Waals surface area contributed by atoms with E-state index in [0.717, 1.165) is 0 Å². The van der Waals surface area contributed by atoms with Gasteiger partial charge in [-0.25, -0.2) is 4.79 Å². The standard InChI is InChI=1S/C19H26O7/c1-8(2)17(22)25-12-5-9(3)11-6-13(21)19(24,7-20)15(11)16-14(12)10(4)18(23)26-16/h8,11-16,20-21,24H,3-7H2,1-2H3. The van der Waals surface area contributed by atoms with E-state index < -0.39 is 54.3 Å². The SMILES string of the molecule is C=C1CC(OC(=O)C(C)C)C2C(=C)C(=O)OC2C2C1CC(O)C2(O)CO. The highest BCUT2D eigenvalue weighted by Gasteiger charge is 2.64. The normalized spacial score (nSPS) is 42.3. The molecule has 0 aromatic rings. The Kier molecular flexibility index (Phi) is 4.75. The van der Waals surface area contributed by atoms with Gasteiger partial charge in [-0.3, -0.25) is 4.79 Å². The first kappa shape index (κ1) is 19.1. The van der Waals surface area contributed by atoms with Crippen molar-refractivity contribution >= 4 is 11.9 Å². The van der Waals surface area contributed by atoms with Crippen LogP contribution in [0.4, 0.5) is 0 Å². The summed E-state index contributed by atoms with van der Waals surface area (Å²) in [5.74, 6) is -3.12. The van der Waals surface area contributed by atoms with Gasteiger partial charge in [0.05, 0.1) is 24.5 Å². The van der Waals surface area contributed by atoms with Crippen LogP contribution in [0.15, 0.2) is 24.3 Å². The van der Waals surface area contributed by atoms with Gasteiger partial charge in [0.15, 0.2) is 0 Å². The van der Waals surface area contributed by atoms with Gasteiger partial charge in [0, 0.05) is 17.9 Å². The summed E-state index contributed by atoms with van der Waals surface area (Å²) in [4.78, 5) is 24.3. The largest absolute Gasteiger partial charge is 0.461 e. The van der Waals surface area contributed by atoms with Gasteiger partial charge in [0.2, 0.25) is 0 Å². The number of rotatable bonds is 3. The molecule has 2 aliphatic carbocycles. The fourth-order valence-electron chi connectivity index (χ4n) is 4.58. The van der Waals surface area contributed by atoms with Crippen molar-refractivity contribution in [1.29, 1.82) is 0 Å². The third-order valence-corrected chi connectivity index (χ3v) is 6.06. The quantitative estimate of drug-likeness (QED) is 0.375. The fourth-order valence-corrected chi connectivity index (χ4v) is 4.58. The van der Waals surface area contributed by atoms with E-state index in [-0.39, 0.29) is 30.3 Å². The molecule has 7 unspecified atom stereocenters. The Morgan fingerprint density at radius 1 is 1.42 bits per heavy atom. The number of hydrogen-bond donors (Lipinski definition) is 3. The van der Waals surface area contributed by atoms with Crippen molar-refractivity contribution in [3.63, 3.8) is 0 Å². The molecule has 7 nitrogen and oxygen atoms in total. The predicted molar refractivity (Wildman–Crippen MR) is 90.6 cm³/mol. The smallest absolute Gasteiger partial charge is 0.334 e. The third-order valence-electron chi connectivity index (χ3n) is 6.06. The zero-order valence-corrected chi connectivity index (χ0v) is 15.1. The Morgan fingerprint density at radius 3 is 2.65 bits per heavy atom. The number of aliphatic hydroxyl groups excluding tert-OH is 2. The fraction of sp³-hybridized carbons (Fsp3) is 0.684. The first-order chi connectivity index (χ1) is 12.1. The van der Waals surface area contributed by atoms with Crippen LogP contribution in [0.3, 0.4) is 0 Å². The van der Waals surface area contributed by atoms with E-state index in [1.54, 1.807) is 13.8 Å². The summed E-state index contributed by atoms with van der Waals surface area (Å²) in [6.07, 6.45) is -2.23. The molecule has 3 fully saturated rings. The van der Waals surface area contributed by atoms with E-state index in [4.69, 9.17) is 9.47 Å². The highest BCUT2D eigenvalue weighted by molar-refractivity contribution is 5.91. The average molecular weight is 366 g/mol. The molecule has 0 amide bonds. The van der Waals surface area contributed by atoms with E-state index in [9.17, 15) is 24.9 Å². The maximum atomic E-state index is 12.2. The minimum absolute atomic E-state index is 0.173. The van der Waals surface area contributed by atoms with Gasteiger partial charge in [-0.2, -0.15) is 0 Å². The molecule has 0 bridgehead atoms. The first-order valence-corrected chi connectivity index (χ1v) is 8.91. The molecule has 0 radical (unpaired) electrons. The zero-order valence-electron chi connectivity index (χ0n) is 15.1. The Hall–Kier alpha value is -1.70. The van der Waals surface area contributed by atoms with E-state index in [2.05, 4.69) is 13.2 Å². The summed E-state index contributed by atoms with van der Waals surface area (Å²) in [5, 5.41) is 31.0. The van der Waals surface area contributed by atoms with Crippen LogP contribution in [0.25, 0.3) is 0 Å². The van der Waals surface area contributed by atoms with Crippen LogP contribution in [-0.2, 0) is 19.1 Å². The average Bonchev–Trinajstić information content (AvgIpc) is 2.97. The molecular formula is C19H26O7. The number of carbonyl (C=O) groups excluding carboxylic acids is 2. The van der Waals surface area contributed by atoms with Crippen molar-refractivity contribution in [1.82, 2.24) is 0 Å². The molecule has 2 saturated carbocycles. The van der Waals surface area contributed by atoms with E-state index >= 15 is 0 Å². The van der Waals surface area contributed by atoms with Crippen LogP contribution in [-0.4, -0.2) is 57.8 Å². The summed E-state index contributed by atoms with van der Waals surface area (Å²) in [7, 11) is 0. The molecule has 3 N–H and O–H groups in total. The number of ether oxygens (including phenoxy) is 2. The van der Waals surface area contributed by atoms with Crippen LogP contribution >= 0.6 is 0 Å². The van der Waals surface area contributed by atoms with Crippen LogP contribution in [0, 0.1) is 23.7 Å². The molecule has 0 spiro atoms. The summed E-state index contributed by atoms with van der Waals surface area (Å²) in [6.45, 7) is 10.6. The highest BCUT2D eigenvalue weighted by atomic mass is 16.6. The number of esters is 2. The second kappa shape index (κ2) is 6.48. The topological polar surface area (TPSA) is 113 Å². The lowest BCUT2D eigenvalue weighted by molar-refractivity contribution is -0.167. The summed E-state index contributed by atoms with van der Waals surface area (Å²) < 4.78 is 11.1. The zero-order chi connectivity index (χ0) is 19.4. The molecule has 0 aromatic carbocycles. The van der Waals surface area contributed by atoms with Gasteiger partial charge in [0.25, 0.3) is 0 Å². The second-order valence-electron chi connectivity index (χ2n) is 7.95. The predicted octanol–water partition coefficient (Wildman–Crippen LogP) is 0.332. The lowest BCUT2D eigenvalue weighted by atomic mass is 9.76. The maximum Gasteiger partial charge on any atom is 0.334 e. The molecule has 3 aliphatic rings. The van der Waals surface area contributed by atoms with Crippen molar-refractivity contribution in [2.75, 3.05) is 6.61 Å². The first-order valence-electron chi connectivity index (χ1n) is 8.91. The van der Waals surface area contributed by atoms with Crippen molar-refractivity contribution in [3.05, 3.63) is 24.3 Å². The van der Waals surface area contributed by atoms with E-state index in [1.165, 1.54) is 0 Å². The van der Waals surface area contributed by atoms with E-state index in [1.807, 2.05) is 0 Å².